The van der Waals surface area contributed by atoms with Crippen LogP contribution in [-0.2, 0) is 9.53 Å². The third-order valence-electron chi connectivity index (χ3n) is 4.25. The lowest BCUT2D eigenvalue weighted by Crippen LogP contribution is -2.50. The van der Waals surface area contributed by atoms with Crippen LogP contribution in [0.1, 0.15) is 45.6 Å². The topological polar surface area (TPSA) is 41.6 Å². The molecule has 0 radical (unpaired) electrons. The normalized spacial score (nSPS) is 19.6. The summed E-state index contributed by atoms with van der Waals surface area (Å²) in [6.07, 6.45) is 1.12. The number of ether oxygens (including phenoxy) is 1. The molecule has 1 atom stereocenters. The van der Waals surface area contributed by atoms with Gasteiger partial charge in [0, 0.05) is 18.8 Å². The van der Waals surface area contributed by atoms with Crippen LogP contribution in [0.25, 0.3) is 0 Å². The Morgan fingerprint density at radius 2 is 2.05 bits per heavy atom. The smallest absolute Gasteiger partial charge is 0.238 e. The average molecular weight is 304 g/mol. The molecule has 1 aromatic carbocycles. The van der Waals surface area contributed by atoms with Crippen molar-refractivity contribution in [3.05, 3.63) is 29.8 Å². The lowest BCUT2D eigenvalue weighted by molar-refractivity contribution is -0.122. The molecular formula is C18H28N2O2. The molecule has 1 fully saturated rings. The molecule has 0 spiro atoms. The molecule has 122 valence electrons. The van der Waals surface area contributed by atoms with Gasteiger partial charge in [-0.2, -0.15) is 0 Å². The van der Waals surface area contributed by atoms with Crippen LogP contribution in [0.15, 0.2) is 24.3 Å². The number of carbonyl (C=O) groups is 1. The third kappa shape index (κ3) is 4.82. The molecule has 1 amide bonds. The fourth-order valence-corrected chi connectivity index (χ4v) is 2.78. The SMILES string of the molecule is CCC(C)c1ccc(NC(=O)CN2CCOC(C)(C)C2)cc1. The van der Waals surface area contributed by atoms with Crippen molar-refractivity contribution in [3.8, 4) is 0 Å². The quantitative estimate of drug-likeness (QED) is 0.908. The van der Waals surface area contributed by atoms with E-state index in [4.69, 9.17) is 4.74 Å². The van der Waals surface area contributed by atoms with Gasteiger partial charge in [-0.15, -0.1) is 0 Å². The Kier molecular flexibility index (Phi) is 5.59. The van der Waals surface area contributed by atoms with Gasteiger partial charge >= 0.3 is 0 Å². The van der Waals surface area contributed by atoms with Crippen molar-refractivity contribution in [1.82, 2.24) is 4.90 Å². The highest BCUT2D eigenvalue weighted by Crippen LogP contribution is 2.20. The Balaban J connectivity index is 1.86. The summed E-state index contributed by atoms with van der Waals surface area (Å²) in [6.45, 7) is 11.2. The highest BCUT2D eigenvalue weighted by molar-refractivity contribution is 5.92. The number of nitrogens with zero attached hydrogens (tertiary/aromatic N) is 1. The number of morpholine rings is 1. The Labute approximate surface area is 133 Å². The first-order chi connectivity index (χ1) is 10.4. The monoisotopic (exact) mass is 304 g/mol. The second-order valence-corrected chi connectivity index (χ2v) is 6.80. The molecule has 1 saturated heterocycles. The van der Waals surface area contributed by atoms with Crippen LogP contribution in [0.5, 0.6) is 0 Å². The summed E-state index contributed by atoms with van der Waals surface area (Å²) in [4.78, 5) is 14.3. The molecule has 0 bridgehead atoms. The van der Waals surface area contributed by atoms with E-state index in [-0.39, 0.29) is 11.5 Å². The van der Waals surface area contributed by atoms with Gasteiger partial charge in [0.2, 0.25) is 5.91 Å². The number of hydrogen-bond donors (Lipinski definition) is 1. The molecule has 0 aromatic heterocycles. The van der Waals surface area contributed by atoms with Crippen LogP contribution < -0.4 is 5.32 Å². The van der Waals surface area contributed by atoms with Gasteiger partial charge in [0.1, 0.15) is 0 Å². The van der Waals surface area contributed by atoms with Gasteiger partial charge in [-0.1, -0.05) is 26.0 Å². The molecule has 4 heteroatoms. The lowest BCUT2D eigenvalue weighted by atomic mass is 9.99. The second-order valence-electron chi connectivity index (χ2n) is 6.80. The Morgan fingerprint density at radius 3 is 2.64 bits per heavy atom. The van der Waals surface area contributed by atoms with Crippen LogP contribution in [0, 0.1) is 0 Å². The van der Waals surface area contributed by atoms with Gasteiger partial charge in [-0.25, -0.2) is 0 Å². The predicted octanol–water partition coefficient (Wildman–Crippen LogP) is 3.25. The molecule has 0 aliphatic carbocycles. The summed E-state index contributed by atoms with van der Waals surface area (Å²) >= 11 is 0. The van der Waals surface area contributed by atoms with Crippen LogP contribution in [0.4, 0.5) is 5.69 Å². The van der Waals surface area contributed by atoms with E-state index in [9.17, 15) is 4.79 Å². The highest BCUT2D eigenvalue weighted by Gasteiger charge is 2.28. The minimum Gasteiger partial charge on any atom is -0.373 e. The minimum absolute atomic E-state index is 0.0361. The number of benzene rings is 1. The van der Waals surface area contributed by atoms with Crippen molar-refractivity contribution < 1.29 is 9.53 Å². The van der Waals surface area contributed by atoms with E-state index >= 15 is 0 Å². The van der Waals surface area contributed by atoms with Crippen LogP contribution >= 0.6 is 0 Å². The zero-order valence-corrected chi connectivity index (χ0v) is 14.2. The van der Waals surface area contributed by atoms with Crippen molar-refractivity contribution in [2.45, 2.75) is 45.6 Å². The van der Waals surface area contributed by atoms with Crippen LogP contribution in [0.3, 0.4) is 0 Å². The standard InChI is InChI=1S/C18H28N2O2/c1-5-14(2)15-6-8-16(9-7-15)19-17(21)12-20-10-11-22-18(3,4)13-20/h6-9,14H,5,10-13H2,1-4H3,(H,19,21). The Hall–Kier alpha value is -1.39. The average Bonchev–Trinajstić information content (AvgIpc) is 2.46. The number of hydrogen-bond acceptors (Lipinski definition) is 3. The van der Waals surface area contributed by atoms with E-state index in [0.29, 0.717) is 19.1 Å². The molecule has 1 N–H and O–H groups in total. The number of nitrogens with one attached hydrogen (secondary N) is 1. The largest absolute Gasteiger partial charge is 0.373 e. The number of carbonyl (C=O) groups excluding carboxylic acids is 1. The van der Waals surface area contributed by atoms with Crippen molar-refractivity contribution >= 4 is 11.6 Å². The van der Waals surface area contributed by atoms with Crippen molar-refractivity contribution in [2.75, 3.05) is 31.6 Å². The van der Waals surface area contributed by atoms with E-state index in [0.717, 1.165) is 25.2 Å². The van der Waals surface area contributed by atoms with Crippen molar-refractivity contribution in [2.24, 2.45) is 0 Å². The zero-order valence-electron chi connectivity index (χ0n) is 14.2. The van der Waals surface area contributed by atoms with Gasteiger partial charge in [-0.05, 0) is 43.9 Å². The lowest BCUT2D eigenvalue weighted by Gasteiger charge is -2.37. The van der Waals surface area contributed by atoms with Crippen LogP contribution in [0.2, 0.25) is 0 Å². The van der Waals surface area contributed by atoms with Gasteiger partial charge in [-0.3, -0.25) is 9.69 Å². The molecule has 1 aromatic rings. The van der Waals surface area contributed by atoms with E-state index in [1.54, 1.807) is 0 Å². The summed E-state index contributed by atoms with van der Waals surface area (Å²) in [6, 6.07) is 8.18. The zero-order chi connectivity index (χ0) is 16.2. The van der Waals surface area contributed by atoms with E-state index in [2.05, 4.69) is 50.0 Å². The van der Waals surface area contributed by atoms with E-state index < -0.39 is 0 Å². The molecule has 1 heterocycles. The Bertz CT molecular complexity index is 496. The molecule has 1 unspecified atom stereocenters. The number of rotatable bonds is 5. The number of amides is 1. The fraction of sp³-hybridized carbons (Fsp3) is 0.611. The molecule has 22 heavy (non-hydrogen) atoms. The van der Waals surface area contributed by atoms with Gasteiger partial charge < -0.3 is 10.1 Å². The first kappa shape index (κ1) is 17.0. The predicted molar refractivity (Wildman–Crippen MR) is 90.2 cm³/mol. The molecular weight excluding hydrogens is 276 g/mol. The molecule has 1 aliphatic rings. The highest BCUT2D eigenvalue weighted by atomic mass is 16.5. The second kappa shape index (κ2) is 7.25. The molecule has 2 rings (SSSR count). The summed E-state index contributed by atoms with van der Waals surface area (Å²) in [5.41, 5.74) is 2.01. The minimum atomic E-state index is -0.170. The summed E-state index contributed by atoms with van der Waals surface area (Å²) < 4.78 is 5.67. The fourth-order valence-electron chi connectivity index (χ4n) is 2.78. The first-order valence-electron chi connectivity index (χ1n) is 8.16. The summed E-state index contributed by atoms with van der Waals surface area (Å²) in [7, 11) is 0. The van der Waals surface area contributed by atoms with Gasteiger partial charge in [0.15, 0.2) is 0 Å². The van der Waals surface area contributed by atoms with E-state index in [1.165, 1.54) is 5.56 Å². The molecule has 4 nitrogen and oxygen atoms in total. The van der Waals surface area contributed by atoms with Crippen molar-refractivity contribution in [3.63, 3.8) is 0 Å². The van der Waals surface area contributed by atoms with Crippen LogP contribution in [-0.4, -0.2) is 42.6 Å². The molecule has 0 saturated carbocycles. The van der Waals surface area contributed by atoms with Crippen molar-refractivity contribution in [1.29, 1.82) is 0 Å². The van der Waals surface area contributed by atoms with Gasteiger partial charge in [0.05, 0.1) is 18.8 Å². The maximum Gasteiger partial charge on any atom is 0.238 e. The van der Waals surface area contributed by atoms with Gasteiger partial charge in [0.25, 0.3) is 0 Å². The maximum atomic E-state index is 12.2. The number of anilines is 1. The maximum absolute atomic E-state index is 12.2. The molecule has 1 aliphatic heterocycles. The third-order valence-corrected chi connectivity index (χ3v) is 4.25. The summed E-state index contributed by atoms with van der Waals surface area (Å²) in [5, 5.41) is 2.98. The van der Waals surface area contributed by atoms with E-state index in [1.807, 2.05) is 12.1 Å². The Morgan fingerprint density at radius 1 is 1.36 bits per heavy atom. The summed E-state index contributed by atoms with van der Waals surface area (Å²) in [5.74, 6) is 0.592. The first-order valence-corrected chi connectivity index (χ1v) is 8.16.